The molecule has 1 aliphatic heterocycles. The molecular formula is C15H19N7O3S. The van der Waals surface area contributed by atoms with Gasteiger partial charge in [-0.05, 0) is 18.6 Å². The molecule has 3 aromatic heterocycles. The Bertz CT molecular complexity index is 1010. The van der Waals surface area contributed by atoms with Crippen LogP contribution in [0.15, 0.2) is 35.6 Å². The molecule has 0 aliphatic carbocycles. The molecule has 0 radical (unpaired) electrons. The molecule has 0 saturated carbocycles. The van der Waals surface area contributed by atoms with E-state index in [9.17, 15) is 13.5 Å². The van der Waals surface area contributed by atoms with Crippen LogP contribution in [0.3, 0.4) is 0 Å². The lowest BCUT2D eigenvalue weighted by Crippen LogP contribution is -2.30. The number of aliphatic hydroxyl groups is 1. The van der Waals surface area contributed by atoms with E-state index < -0.39 is 16.1 Å². The first-order valence-corrected chi connectivity index (χ1v) is 9.62. The predicted molar refractivity (Wildman–Crippen MR) is 90.3 cm³/mol. The molecule has 0 bridgehead atoms. The molecule has 4 rings (SSSR count). The molecule has 0 saturated heterocycles. The van der Waals surface area contributed by atoms with Gasteiger partial charge in [-0.2, -0.15) is 19.6 Å². The zero-order valence-corrected chi connectivity index (χ0v) is 15.0. The fourth-order valence-electron chi connectivity index (χ4n) is 3.13. The van der Waals surface area contributed by atoms with E-state index in [1.807, 2.05) is 0 Å². The van der Waals surface area contributed by atoms with E-state index in [2.05, 4.69) is 20.4 Å². The summed E-state index contributed by atoms with van der Waals surface area (Å²) in [7, 11) is -1.87. The summed E-state index contributed by atoms with van der Waals surface area (Å²) in [5.74, 6) is 0. The second-order valence-electron chi connectivity index (χ2n) is 6.19. The first kappa shape index (κ1) is 16.9. The molecule has 1 aliphatic rings. The van der Waals surface area contributed by atoms with E-state index in [-0.39, 0.29) is 11.4 Å². The number of hydrogen-bond donors (Lipinski definition) is 2. The van der Waals surface area contributed by atoms with Crippen molar-refractivity contribution in [1.82, 2.24) is 34.1 Å². The minimum Gasteiger partial charge on any atom is -0.380 e. The third-order valence-corrected chi connectivity index (χ3v) is 6.34. The molecule has 138 valence electrons. The van der Waals surface area contributed by atoms with Gasteiger partial charge in [0.25, 0.3) is 0 Å². The number of aromatic amines is 1. The maximum atomic E-state index is 12.8. The van der Waals surface area contributed by atoms with Crippen molar-refractivity contribution in [3.8, 4) is 0 Å². The van der Waals surface area contributed by atoms with Gasteiger partial charge in [0.15, 0.2) is 0 Å². The fourth-order valence-corrected chi connectivity index (χ4v) is 4.48. The van der Waals surface area contributed by atoms with Gasteiger partial charge in [0.05, 0.1) is 29.8 Å². The van der Waals surface area contributed by atoms with Crippen molar-refractivity contribution in [3.05, 3.63) is 47.8 Å². The Morgan fingerprint density at radius 3 is 2.88 bits per heavy atom. The van der Waals surface area contributed by atoms with Gasteiger partial charge in [0.2, 0.25) is 10.0 Å². The normalized spacial score (nSPS) is 17.0. The third-order valence-electron chi connectivity index (χ3n) is 4.53. The molecule has 4 heterocycles. The fraction of sp³-hybridized carbons (Fsp3) is 0.400. The highest BCUT2D eigenvalue weighted by molar-refractivity contribution is 7.89. The van der Waals surface area contributed by atoms with Crippen LogP contribution in [0.4, 0.5) is 0 Å². The van der Waals surface area contributed by atoms with Crippen molar-refractivity contribution in [1.29, 1.82) is 0 Å². The molecule has 0 aromatic carbocycles. The third kappa shape index (κ3) is 2.83. The van der Waals surface area contributed by atoms with Gasteiger partial charge in [-0.25, -0.2) is 8.42 Å². The molecule has 0 amide bonds. The van der Waals surface area contributed by atoms with Crippen LogP contribution in [0.25, 0.3) is 0 Å². The molecule has 11 heteroatoms. The molecule has 2 N–H and O–H groups in total. The van der Waals surface area contributed by atoms with E-state index in [0.717, 1.165) is 5.69 Å². The maximum absolute atomic E-state index is 12.8. The lowest BCUT2D eigenvalue weighted by atomic mass is 10.2. The van der Waals surface area contributed by atoms with Crippen molar-refractivity contribution in [2.45, 2.75) is 30.5 Å². The number of aromatic nitrogens is 6. The van der Waals surface area contributed by atoms with Gasteiger partial charge < -0.3 is 5.11 Å². The minimum absolute atomic E-state index is 0.139. The second-order valence-corrected chi connectivity index (χ2v) is 8.13. The van der Waals surface area contributed by atoms with Crippen molar-refractivity contribution >= 4 is 10.0 Å². The SMILES string of the molecule is Cn1nccc1[C@H](O)c1cc2n(n1)CCCN(S(=O)(=O)c1cn[nH]c1)C2. The van der Waals surface area contributed by atoms with Gasteiger partial charge in [0.1, 0.15) is 11.0 Å². The molecule has 3 aromatic rings. The Hall–Kier alpha value is -2.50. The Balaban J connectivity index is 1.63. The Morgan fingerprint density at radius 2 is 2.19 bits per heavy atom. The van der Waals surface area contributed by atoms with Crippen LogP contribution in [0.1, 0.15) is 29.6 Å². The molecule has 0 spiro atoms. The zero-order chi connectivity index (χ0) is 18.3. The van der Waals surface area contributed by atoms with Gasteiger partial charge in [0, 0.05) is 32.5 Å². The average Bonchev–Trinajstić information content (AvgIpc) is 3.33. The number of aliphatic hydroxyl groups excluding tert-OH is 1. The number of fused-ring (bicyclic) bond motifs is 1. The van der Waals surface area contributed by atoms with Crippen LogP contribution >= 0.6 is 0 Å². The smallest absolute Gasteiger partial charge is 0.246 e. The summed E-state index contributed by atoms with van der Waals surface area (Å²) >= 11 is 0. The lowest BCUT2D eigenvalue weighted by molar-refractivity contribution is 0.203. The van der Waals surface area contributed by atoms with Crippen LogP contribution in [0, 0.1) is 0 Å². The minimum atomic E-state index is -3.62. The summed E-state index contributed by atoms with van der Waals surface area (Å²) in [6, 6.07) is 3.48. The van der Waals surface area contributed by atoms with Gasteiger partial charge >= 0.3 is 0 Å². The zero-order valence-electron chi connectivity index (χ0n) is 14.1. The van der Waals surface area contributed by atoms with Gasteiger partial charge in [-0.15, -0.1) is 0 Å². The number of rotatable bonds is 4. The highest BCUT2D eigenvalue weighted by atomic mass is 32.2. The number of H-pyrrole nitrogens is 1. The Morgan fingerprint density at radius 1 is 1.35 bits per heavy atom. The van der Waals surface area contributed by atoms with Gasteiger partial charge in [-0.3, -0.25) is 14.5 Å². The van der Waals surface area contributed by atoms with E-state index in [0.29, 0.717) is 30.9 Å². The summed E-state index contributed by atoms with van der Waals surface area (Å²) in [5.41, 5.74) is 1.85. The summed E-state index contributed by atoms with van der Waals surface area (Å²) in [4.78, 5) is 0.139. The molecule has 0 unspecified atom stereocenters. The first-order chi connectivity index (χ1) is 12.5. The molecule has 10 nitrogen and oxygen atoms in total. The van der Waals surface area contributed by atoms with Crippen molar-refractivity contribution in [3.63, 3.8) is 0 Å². The number of sulfonamides is 1. The van der Waals surface area contributed by atoms with E-state index >= 15 is 0 Å². The number of nitrogens with zero attached hydrogens (tertiary/aromatic N) is 6. The van der Waals surface area contributed by atoms with E-state index in [1.54, 1.807) is 34.7 Å². The van der Waals surface area contributed by atoms with Crippen LogP contribution in [-0.2, 0) is 30.2 Å². The Labute approximate surface area is 150 Å². The second kappa shape index (κ2) is 6.34. The maximum Gasteiger partial charge on any atom is 0.246 e. The van der Waals surface area contributed by atoms with Crippen LogP contribution in [0.5, 0.6) is 0 Å². The predicted octanol–water partition coefficient (Wildman–Crippen LogP) is 0.0160. The standard InChI is InChI=1S/C15H19N7O3S/c1-20-14(3-4-18-20)15(23)13-7-11-10-21(5-2-6-22(11)19-13)26(24,25)12-8-16-17-9-12/h3-4,7-9,15,23H,2,5-6,10H2,1H3,(H,16,17)/t15-/m1/s1. The first-order valence-electron chi connectivity index (χ1n) is 8.18. The molecule has 0 fully saturated rings. The lowest BCUT2D eigenvalue weighted by Gasteiger charge is -2.18. The topological polar surface area (TPSA) is 122 Å². The molecule has 26 heavy (non-hydrogen) atoms. The largest absolute Gasteiger partial charge is 0.380 e. The Kier molecular flexibility index (Phi) is 4.13. The summed E-state index contributed by atoms with van der Waals surface area (Å²) < 4.78 is 30.3. The number of hydrogen-bond acceptors (Lipinski definition) is 6. The van der Waals surface area contributed by atoms with Crippen LogP contribution in [-0.4, -0.2) is 54.1 Å². The van der Waals surface area contributed by atoms with Crippen molar-refractivity contribution in [2.75, 3.05) is 6.54 Å². The highest BCUT2D eigenvalue weighted by Crippen LogP contribution is 2.25. The van der Waals surface area contributed by atoms with Crippen LogP contribution in [0.2, 0.25) is 0 Å². The van der Waals surface area contributed by atoms with Crippen molar-refractivity contribution in [2.24, 2.45) is 7.05 Å². The van der Waals surface area contributed by atoms with E-state index in [1.165, 1.54) is 16.7 Å². The molecular weight excluding hydrogens is 358 g/mol. The highest BCUT2D eigenvalue weighted by Gasteiger charge is 2.29. The van der Waals surface area contributed by atoms with Gasteiger partial charge in [-0.1, -0.05) is 0 Å². The monoisotopic (exact) mass is 377 g/mol. The number of nitrogens with one attached hydrogen (secondary N) is 1. The molecule has 1 atom stereocenters. The summed E-state index contributed by atoms with van der Waals surface area (Å²) in [5, 5.41) is 25.4. The summed E-state index contributed by atoms with van der Waals surface area (Å²) in [6.45, 7) is 1.18. The summed E-state index contributed by atoms with van der Waals surface area (Å²) in [6.07, 6.45) is 4.00. The van der Waals surface area contributed by atoms with Crippen molar-refractivity contribution < 1.29 is 13.5 Å². The average molecular weight is 377 g/mol. The quantitative estimate of drug-likeness (QED) is 0.661. The van der Waals surface area contributed by atoms with E-state index in [4.69, 9.17) is 0 Å². The van der Waals surface area contributed by atoms with Crippen LogP contribution < -0.4 is 0 Å². The number of aryl methyl sites for hydroxylation is 2.